The molecular weight excluding hydrogens is 232 g/mol. The predicted octanol–water partition coefficient (Wildman–Crippen LogP) is 2.25. The summed E-state index contributed by atoms with van der Waals surface area (Å²) in [7, 11) is 0. The Kier molecular flexibility index (Phi) is 4.43. The number of benzene rings is 1. The van der Waals surface area contributed by atoms with E-state index in [9.17, 15) is 0 Å². The summed E-state index contributed by atoms with van der Waals surface area (Å²) >= 11 is 1.83. The van der Waals surface area contributed by atoms with Gasteiger partial charge in [-0.2, -0.15) is 5.26 Å². The highest BCUT2D eigenvalue weighted by Gasteiger charge is 2.21. The van der Waals surface area contributed by atoms with Gasteiger partial charge >= 0.3 is 0 Å². The first-order chi connectivity index (χ1) is 8.35. The van der Waals surface area contributed by atoms with Crippen LogP contribution < -0.4 is 0 Å². The zero-order valence-electron chi connectivity index (χ0n) is 9.93. The quantitative estimate of drug-likeness (QED) is 0.822. The first-order valence-corrected chi connectivity index (χ1v) is 6.98. The molecular formula is C13H16N2OS. The lowest BCUT2D eigenvalue weighted by atomic mass is 10.1. The molecule has 1 fully saturated rings. The number of thioether (sulfide) groups is 1. The number of rotatable bonds is 3. The second-order valence-electron chi connectivity index (χ2n) is 3.97. The van der Waals surface area contributed by atoms with Gasteiger partial charge in [0.05, 0.1) is 30.2 Å². The van der Waals surface area contributed by atoms with Crippen LogP contribution >= 0.6 is 11.8 Å². The number of nitriles is 1. The Morgan fingerprint density at radius 1 is 1.29 bits per heavy atom. The van der Waals surface area contributed by atoms with Crippen molar-refractivity contribution in [2.45, 2.75) is 5.37 Å². The molecule has 0 spiro atoms. The molecule has 1 heterocycles. The highest BCUT2D eigenvalue weighted by molar-refractivity contribution is 7.98. The molecule has 0 aromatic heterocycles. The van der Waals surface area contributed by atoms with Crippen molar-refractivity contribution in [3.63, 3.8) is 0 Å². The van der Waals surface area contributed by atoms with Gasteiger partial charge in [0.2, 0.25) is 0 Å². The summed E-state index contributed by atoms with van der Waals surface area (Å²) in [5.74, 6) is 0. The van der Waals surface area contributed by atoms with Gasteiger partial charge in [0.25, 0.3) is 0 Å². The number of hydrogen-bond donors (Lipinski definition) is 0. The second-order valence-corrected chi connectivity index (χ2v) is 4.89. The topological polar surface area (TPSA) is 36.3 Å². The Bertz CT molecular complexity index is 393. The van der Waals surface area contributed by atoms with E-state index in [1.165, 1.54) is 5.56 Å². The SMILES string of the molecule is CSC(c1ccc(C#N)cc1)N1CCOCC1. The first-order valence-electron chi connectivity index (χ1n) is 5.70. The van der Waals surface area contributed by atoms with Crippen molar-refractivity contribution in [2.75, 3.05) is 32.6 Å². The van der Waals surface area contributed by atoms with Gasteiger partial charge in [0.1, 0.15) is 0 Å². The van der Waals surface area contributed by atoms with Gasteiger partial charge in [0.15, 0.2) is 0 Å². The molecule has 1 unspecified atom stereocenters. The zero-order chi connectivity index (χ0) is 12.1. The number of morpholine rings is 1. The average molecular weight is 248 g/mol. The molecule has 0 aliphatic carbocycles. The third kappa shape index (κ3) is 3.01. The molecule has 90 valence electrons. The van der Waals surface area contributed by atoms with Crippen LogP contribution in [-0.4, -0.2) is 37.5 Å². The molecule has 0 amide bonds. The maximum atomic E-state index is 8.79. The van der Waals surface area contributed by atoms with Crippen LogP contribution in [0.3, 0.4) is 0 Å². The molecule has 0 N–H and O–H groups in total. The van der Waals surface area contributed by atoms with E-state index in [1.807, 2.05) is 23.9 Å². The minimum Gasteiger partial charge on any atom is -0.379 e. The third-order valence-corrected chi connectivity index (χ3v) is 3.94. The maximum Gasteiger partial charge on any atom is 0.0991 e. The van der Waals surface area contributed by atoms with Crippen molar-refractivity contribution in [3.8, 4) is 6.07 Å². The molecule has 3 nitrogen and oxygen atoms in total. The lowest BCUT2D eigenvalue weighted by Crippen LogP contribution is -2.37. The molecule has 1 aromatic rings. The molecule has 1 atom stereocenters. The van der Waals surface area contributed by atoms with E-state index in [-0.39, 0.29) is 0 Å². The van der Waals surface area contributed by atoms with Gasteiger partial charge in [0, 0.05) is 13.1 Å². The van der Waals surface area contributed by atoms with Crippen LogP contribution in [0, 0.1) is 11.3 Å². The van der Waals surface area contributed by atoms with E-state index in [0.29, 0.717) is 5.37 Å². The van der Waals surface area contributed by atoms with Crippen LogP contribution in [0.15, 0.2) is 24.3 Å². The van der Waals surface area contributed by atoms with Gasteiger partial charge in [-0.1, -0.05) is 12.1 Å². The molecule has 0 saturated carbocycles. The van der Waals surface area contributed by atoms with Gasteiger partial charge in [-0.15, -0.1) is 11.8 Å². The molecule has 17 heavy (non-hydrogen) atoms. The Morgan fingerprint density at radius 3 is 2.47 bits per heavy atom. The van der Waals surface area contributed by atoms with Crippen molar-refractivity contribution in [1.82, 2.24) is 4.90 Å². The lowest BCUT2D eigenvalue weighted by Gasteiger charge is -2.33. The third-order valence-electron chi connectivity index (χ3n) is 2.93. The van der Waals surface area contributed by atoms with Crippen molar-refractivity contribution < 1.29 is 4.74 Å². The highest BCUT2D eigenvalue weighted by Crippen LogP contribution is 2.31. The molecule has 0 radical (unpaired) electrons. The van der Waals surface area contributed by atoms with Gasteiger partial charge in [-0.25, -0.2) is 0 Å². The van der Waals surface area contributed by atoms with E-state index < -0.39 is 0 Å². The minimum atomic E-state index is 0.367. The molecule has 1 aromatic carbocycles. The van der Waals surface area contributed by atoms with Gasteiger partial charge in [-0.05, 0) is 24.0 Å². The predicted molar refractivity (Wildman–Crippen MR) is 69.8 cm³/mol. The summed E-state index contributed by atoms with van der Waals surface area (Å²) in [4.78, 5) is 2.43. The number of hydrogen-bond acceptors (Lipinski definition) is 4. The molecule has 1 aliphatic rings. The summed E-state index contributed by atoms with van der Waals surface area (Å²) in [5.41, 5.74) is 1.98. The summed E-state index contributed by atoms with van der Waals surface area (Å²) < 4.78 is 5.37. The standard InChI is InChI=1S/C13H16N2OS/c1-17-13(15-6-8-16-9-7-15)12-4-2-11(10-14)3-5-12/h2-5,13H,6-9H2,1H3. The molecule has 2 rings (SSSR count). The average Bonchev–Trinajstić information content (AvgIpc) is 2.42. The molecule has 1 saturated heterocycles. The first kappa shape index (κ1) is 12.4. The van der Waals surface area contributed by atoms with E-state index in [2.05, 4.69) is 29.4 Å². The monoisotopic (exact) mass is 248 g/mol. The van der Waals surface area contributed by atoms with Crippen LogP contribution in [0.5, 0.6) is 0 Å². The minimum absolute atomic E-state index is 0.367. The van der Waals surface area contributed by atoms with Crippen molar-refractivity contribution in [3.05, 3.63) is 35.4 Å². The van der Waals surface area contributed by atoms with Crippen LogP contribution in [0.4, 0.5) is 0 Å². The maximum absolute atomic E-state index is 8.79. The fourth-order valence-corrected chi connectivity index (χ4v) is 2.97. The van der Waals surface area contributed by atoms with Crippen LogP contribution in [-0.2, 0) is 4.74 Å². The highest BCUT2D eigenvalue weighted by atomic mass is 32.2. The van der Waals surface area contributed by atoms with Crippen molar-refractivity contribution in [2.24, 2.45) is 0 Å². The van der Waals surface area contributed by atoms with Crippen LogP contribution in [0.2, 0.25) is 0 Å². The fraction of sp³-hybridized carbons (Fsp3) is 0.462. The Balaban J connectivity index is 2.13. The number of ether oxygens (including phenoxy) is 1. The van der Waals surface area contributed by atoms with Gasteiger partial charge in [-0.3, -0.25) is 4.90 Å². The fourth-order valence-electron chi connectivity index (χ4n) is 2.03. The van der Waals surface area contributed by atoms with E-state index in [4.69, 9.17) is 10.00 Å². The van der Waals surface area contributed by atoms with Crippen molar-refractivity contribution >= 4 is 11.8 Å². The summed E-state index contributed by atoms with van der Waals surface area (Å²) in [5, 5.41) is 9.16. The van der Waals surface area contributed by atoms with Crippen molar-refractivity contribution in [1.29, 1.82) is 5.26 Å². The normalized spacial score (nSPS) is 18.6. The van der Waals surface area contributed by atoms with E-state index in [1.54, 1.807) is 0 Å². The van der Waals surface area contributed by atoms with E-state index in [0.717, 1.165) is 31.9 Å². The smallest absolute Gasteiger partial charge is 0.0991 e. The second kappa shape index (κ2) is 6.06. The van der Waals surface area contributed by atoms with E-state index >= 15 is 0 Å². The Hall–Kier alpha value is -1.02. The number of nitrogens with zero attached hydrogens (tertiary/aromatic N) is 2. The summed E-state index contributed by atoms with van der Waals surface area (Å²) in [6.45, 7) is 3.58. The lowest BCUT2D eigenvalue weighted by molar-refractivity contribution is 0.0324. The largest absolute Gasteiger partial charge is 0.379 e. The summed E-state index contributed by atoms with van der Waals surface area (Å²) in [6, 6.07) is 10.0. The zero-order valence-corrected chi connectivity index (χ0v) is 10.7. The van der Waals surface area contributed by atoms with Gasteiger partial charge < -0.3 is 4.74 Å². The van der Waals surface area contributed by atoms with Crippen LogP contribution in [0.1, 0.15) is 16.5 Å². The summed E-state index contributed by atoms with van der Waals surface area (Å²) in [6.07, 6.45) is 2.12. The molecule has 1 aliphatic heterocycles. The Labute approximate surface area is 106 Å². The molecule has 0 bridgehead atoms. The molecule has 4 heteroatoms. The van der Waals surface area contributed by atoms with Crippen LogP contribution in [0.25, 0.3) is 0 Å². The Morgan fingerprint density at radius 2 is 1.94 bits per heavy atom.